The van der Waals surface area contributed by atoms with Crippen molar-refractivity contribution < 1.29 is 9.59 Å². The molecular formula is C16H21N3O2. The van der Waals surface area contributed by atoms with Crippen molar-refractivity contribution in [1.29, 1.82) is 0 Å². The van der Waals surface area contributed by atoms with Gasteiger partial charge in [0, 0.05) is 11.7 Å². The van der Waals surface area contributed by atoms with Gasteiger partial charge in [-0.15, -0.1) is 0 Å². The maximum Gasteiger partial charge on any atom is 0.240 e. The molecule has 1 heterocycles. The van der Waals surface area contributed by atoms with Crippen LogP contribution in [0.5, 0.6) is 0 Å². The number of nitrogens with one attached hydrogen (secondary N) is 1. The van der Waals surface area contributed by atoms with Gasteiger partial charge in [-0.05, 0) is 23.4 Å². The average molecular weight is 287 g/mol. The maximum absolute atomic E-state index is 12.1. The van der Waals surface area contributed by atoms with Crippen LogP contribution in [0, 0.1) is 5.92 Å². The van der Waals surface area contributed by atoms with Gasteiger partial charge in [0.15, 0.2) is 0 Å². The minimum Gasteiger partial charge on any atom is -0.368 e. The summed E-state index contributed by atoms with van der Waals surface area (Å²) < 4.78 is 1.86. The molecule has 2 amide bonds. The van der Waals surface area contributed by atoms with E-state index in [-0.39, 0.29) is 18.4 Å². The van der Waals surface area contributed by atoms with Gasteiger partial charge in [0.25, 0.3) is 0 Å². The van der Waals surface area contributed by atoms with Crippen LogP contribution in [0.4, 0.5) is 0 Å². The van der Waals surface area contributed by atoms with E-state index in [0.29, 0.717) is 0 Å². The van der Waals surface area contributed by atoms with E-state index < -0.39 is 11.9 Å². The van der Waals surface area contributed by atoms with Gasteiger partial charge < -0.3 is 15.6 Å². The van der Waals surface area contributed by atoms with E-state index in [4.69, 9.17) is 5.73 Å². The van der Waals surface area contributed by atoms with Crippen molar-refractivity contribution in [1.82, 2.24) is 9.88 Å². The van der Waals surface area contributed by atoms with E-state index >= 15 is 0 Å². The molecule has 0 saturated carbocycles. The zero-order valence-corrected chi connectivity index (χ0v) is 12.4. The summed E-state index contributed by atoms with van der Waals surface area (Å²) in [4.78, 5) is 23.6. The first kappa shape index (κ1) is 15.1. The number of nitrogens with two attached hydrogens (primary N) is 1. The molecule has 3 N–H and O–H groups in total. The molecule has 1 aromatic heterocycles. The molecule has 1 aromatic carbocycles. The number of hydrogen-bond donors (Lipinski definition) is 2. The number of carbonyl (C=O) groups is 2. The Kier molecular flexibility index (Phi) is 4.62. The van der Waals surface area contributed by atoms with Gasteiger partial charge in [0.05, 0.1) is 0 Å². The lowest BCUT2D eigenvalue weighted by molar-refractivity contribution is -0.128. The van der Waals surface area contributed by atoms with Gasteiger partial charge in [0.1, 0.15) is 12.6 Å². The second-order valence-corrected chi connectivity index (χ2v) is 5.34. The highest BCUT2D eigenvalue weighted by Gasteiger charge is 2.23. The van der Waals surface area contributed by atoms with E-state index in [0.717, 1.165) is 17.3 Å². The van der Waals surface area contributed by atoms with Crippen molar-refractivity contribution in [3.8, 4) is 0 Å². The van der Waals surface area contributed by atoms with Crippen LogP contribution in [0.2, 0.25) is 0 Å². The van der Waals surface area contributed by atoms with Crippen LogP contribution in [-0.4, -0.2) is 22.4 Å². The lowest BCUT2D eigenvalue weighted by atomic mass is 9.98. The quantitative estimate of drug-likeness (QED) is 0.847. The molecule has 21 heavy (non-hydrogen) atoms. The van der Waals surface area contributed by atoms with Gasteiger partial charge in [-0.2, -0.15) is 0 Å². The molecule has 0 aliphatic heterocycles. The standard InChI is InChI=1S/C16H21N3O2/c1-3-11(2)15(16(17)21)18-14(20)10-19-9-8-12-6-4-5-7-13(12)19/h4-9,11,15H,3,10H2,1-2H3,(H2,17,21)(H,18,20)/t11-,15-/m0/s1. The Bertz CT molecular complexity index is 648. The van der Waals surface area contributed by atoms with Crippen molar-refractivity contribution in [2.45, 2.75) is 32.9 Å². The predicted octanol–water partition coefficient (Wildman–Crippen LogP) is 1.66. The number of amides is 2. The van der Waals surface area contributed by atoms with E-state index in [1.807, 2.05) is 54.9 Å². The van der Waals surface area contributed by atoms with Crippen LogP contribution < -0.4 is 11.1 Å². The fourth-order valence-corrected chi connectivity index (χ4v) is 2.38. The molecule has 0 aliphatic carbocycles. The lowest BCUT2D eigenvalue weighted by Gasteiger charge is -2.21. The average Bonchev–Trinajstić information content (AvgIpc) is 2.87. The van der Waals surface area contributed by atoms with E-state index in [9.17, 15) is 9.59 Å². The van der Waals surface area contributed by atoms with Crippen molar-refractivity contribution in [3.05, 3.63) is 36.5 Å². The topological polar surface area (TPSA) is 77.1 Å². The molecule has 0 aliphatic rings. The van der Waals surface area contributed by atoms with Crippen LogP contribution in [-0.2, 0) is 16.1 Å². The third-order valence-corrected chi connectivity index (χ3v) is 3.83. The van der Waals surface area contributed by atoms with Gasteiger partial charge in [0.2, 0.25) is 11.8 Å². The first-order valence-corrected chi connectivity index (χ1v) is 7.15. The summed E-state index contributed by atoms with van der Waals surface area (Å²) in [5.41, 5.74) is 6.36. The van der Waals surface area contributed by atoms with E-state index in [1.165, 1.54) is 0 Å². The molecule has 2 rings (SSSR count). The van der Waals surface area contributed by atoms with Gasteiger partial charge in [-0.25, -0.2) is 0 Å². The molecule has 2 atom stereocenters. The minimum atomic E-state index is -0.621. The molecule has 0 unspecified atom stereocenters. The Morgan fingerprint density at radius 2 is 2.00 bits per heavy atom. The number of benzene rings is 1. The number of para-hydroxylation sites is 1. The third kappa shape index (κ3) is 3.42. The highest BCUT2D eigenvalue weighted by Crippen LogP contribution is 2.15. The number of rotatable bonds is 6. The number of primary amides is 1. The number of hydrogen-bond acceptors (Lipinski definition) is 2. The summed E-state index contributed by atoms with van der Waals surface area (Å²) in [6, 6.07) is 9.19. The molecule has 5 heteroatoms. The second-order valence-electron chi connectivity index (χ2n) is 5.34. The predicted molar refractivity (Wildman–Crippen MR) is 82.5 cm³/mol. The molecular weight excluding hydrogens is 266 g/mol. The number of carbonyl (C=O) groups excluding carboxylic acids is 2. The van der Waals surface area contributed by atoms with Crippen LogP contribution in [0.1, 0.15) is 20.3 Å². The SMILES string of the molecule is CC[C@H](C)[C@H](NC(=O)Cn1ccc2ccccc21)C(N)=O. The molecule has 0 fully saturated rings. The normalized spacial score (nSPS) is 13.8. The third-order valence-electron chi connectivity index (χ3n) is 3.83. The Morgan fingerprint density at radius 3 is 2.67 bits per heavy atom. The molecule has 0 saturated heterocycles. The highest BCUT2D eigenvalue weighted by molar-refractivity contribution is 5.88. The van der Waals surface area contributed by atoms with Crippen LogP contribution in [0.25, 0.3) is 10.9 Å². The largest absolute Gasteiger partial charge is 0.368 e. The summed E-state index contributed by atoms with van der Waals surface area (Å²) >= 11 is 0. The van der Waals surface area contributed by atoms with Gasteiger partial charge >= 0.3 is 0 Å². The Labute approximate surface area is 124 Å². The fourth-order valence-electron chi connectivity index (χ4n) is 2.38. The molecule has 2 aromatic rings. The first-order chi connectivity index (χ1) is 10.0. The second kappa shape index (κ2) is 6.43. The lowest BCUT2D eigenvalue weighted by Crippen LogP contribution is -2.49. The molecule has 0 spiro atoms. The Balaban J connectivity index is 2.09. The smallest absolute Gasteiger partial charge is 0.240 e. The van der Waals surface area contributed by atoms with Crippen molar-refractivity contribution in [3.63, 3.8) is 0 Å². The van der Waals surface area contributed by atoms with Crippen molar-refractivity contribution in [2.75, 3.05) is 0 Å². The van der Waals surface area contributed by atoms with Crippen LogP contribution in [0.3, 0.4) is 0 Å². The summed E-state index contributed by atoms with van der Waals surface area (Å²) in [6.45, 7) is 4.04. The molecule has 0 bridgehead atoms. The summed E-state index contributed by atoms with van der Waals surface area (Å²) in [5, 5.41) is 3.82. The minimum absolute atomic E-state index is 0.0212. The van der Waals surface area contributed by atoms with Crippen molar-refractivity contribution in [2.24, 2.45) is 11.7 Å². The van der Waals surface area contributed by atoms with Crippen LogP contribution in [0.15, 0.2) is 36.5 Å². The van der Waals surface area contributed by atoms with Gasteiger partial charge in [-0.3, -0.25) is 9.59 Å². The molecule has 112 valence electrons. The van der Waals surface area contributed by atoms with Crippen LogP contribution >= 0.6 is 0 Å². The van der Waals surface area contributed by atoms with Gasteiger partial charge in [-0.1, -0.05) is 38.5 Å². The number of aromatic nitrogens is 1. The highest BCUT2D eigenvalue weighted by atomic mass is 16.2. The zero-order chi connectivity index (χ0) is 15.4. The summed E-state index contributed by atoms with van der Waals surface area (Å²) in [5.74, 6) is -0.677. The van der Waals surface area contributed by atoms with E-state index in [1.54, 1.807) is 0 Å². The number of nitrogens with zero attached hydrogens (tertiary/aromatic N) is 1. The fraction of sp³-hybridized carbons (Fsp3) is 0.375. The Morgan fingerprint density at radius 1 is 1.29 bits per heavy atom. The summed E-state index contributed by atoms with van der Waals surface area (Å²) in [6.07, 6.45) is 2.65. The summed E-state index contributed by atoms with van der Waals surface area (Å²) in [7, 11) is 0. The number of fused-ring (bicyclic) bond motifs is 1. The monoisotopic (exact) mass is 287 g/mol. The maximum atomic E-state index is 12.1. The Hall–Kier alpha value is -2.30. The molecule has 5 nitrogen and oxygen atoms in total. The van der Waals surface area contributed by atoms with E-state index in [2.05, 4.69) is 5.32 Å². The zero-order valence-electron chi connectivity index (χ0n) is 12.4. The van der Waals surface area contributed by atoms with Crippen molar-refractivity contribution >= 4 is 22.7 Å². The molecule has 0 radical (unpaired) electrons. The first-order valence-electron chi connectivity index (χ1n) is 7.15.